The van der Waals surface area contributed by atoms with E-state index in [1.807, 2.05) is 31.2 Å². The van der Waals surface area contributed by atoms with Crippen molar-refractivity contribution >= 4 is 24.3 Å². The topological polar surface area (TPSA) is 114 Å². The van der Waals surface area contributed by atoms with Crippen LogP contribution in [0, 0.1) is 12.3 Å². The number of aryl methyl sites for hydroxylation is 1. The number of hydrogen-bond acceptors (Lipinski definition) is 4. The maximum Gasteiger partial charge on any atom is 0.330 e. The van der Waals surface area contributed by atoms with Crippen molar-refractivity contribution in [2.45, 2.75) is 25.3 Å². The number of guanidine groups is 1. The molecule has 1 aromatic carbocycles. The van der Waals surface area contributed by atoms with Gasteiger partial charge in [0.05, 0.1) is 7.11 Å². The van der Waals surface area contributed by atoms with E-state index in [4.69, 9.17) is 21.6 Å². The van der Waals surface area contributed by atoms with Crippen LogP contribution >= 0.6 is 12.4 Å². The van der Waals surface area contributed by atoms with Crippen LogP contribution in [-0.2, 0) is 15.1 Å². The summed E-state index contributed by atoms with van der Waals surface area (Å²) in [6.45, 7) is 2.45. The monoisotopic (exact) mass is 314 g/mol. The molecule has 0 bridgehead atoms. The fourth-order valence-corrected chi connectivity index (χ4v) is 1.99. The van der Waals surface area contributed by atoms with Gasteiger partial charge in [-0.05, 0) is 25.3 Å². The number of benzene rings is 1. The molecule has 7 heteroatoms. The molecule has 21 heavy (non-hydrogen) atoms. The Kier molecular flexibility index (Phi) is 7.76. The highest BCUT2D eigenvalue weighted by atomic mass is 35.5. The van der Waals surface area contributed by atoms with E-state index in [1.165, 1.54) is 7.11 Å². The van der Waals surface area contributed by atoms with Crippen molar-refractivity contribution in [3.05, 3.63) is 35.4 Å². The Hall–Kier alpha value is -1.79. The molecule has 0 saturated heterocycles. The first-order valence-corrected chi connectivity index (χ1v) is 6.42. The third kappa shape index (κ3) is 5.24. The third-order valence-corrected chi connectivity index (χ3v) is 3.18. The predicted octanol–water partition coefficient (Wildman–Crippen LogP) is 1.01. The van der Waals surface area contributed by atoms with E-state index in [1.54, 1.807) is 0 Å². The van der Waals surface area contributed by atoms with Gasteiger partial charge in [-0.3, -0.25) is 5.41 Å². The summed E-state index contributed by atoms with van der Waals surface area (Å²) in [6.07, 6.45) is 1.00. The lowest BCUT2D eigenvalue weighted by atomic mass is 9.86. The number of esters is 1. The molecule has 0 aliphatic heterocycles. The Morgan fingerprint density at radius 1 is 1.38 bits per heavy atom. The molecule has 0 saturated carbocycles. The van der Waals surface area contributed by atoms with Crippen LogP contribution < -0.4 is 16.8 Å². The maximum absolute atomic E-state index is 12.0. The number of rotatable bonds is 6. The molecule has 6 N–H and O–H groups in total. The fourth-order valence-electron chi connectivity index (χ4n) is 1.99. The average Bonchev–Trinajstić information content (AvgIpc) is 2.43. The summed E-state index contributed by atoms with van der Waals surface area (Å²) >= 11 is 0. The quantitative estimate of drug-likeness (QED) is 0.271. The van der Waals surface area contributed by atoms with Gasteiger partial charge in [0.25, 0.3) is 0 Å². The second-order valence-corrected chi connectivity index (χ2v) is 4.77. The molecule has 0 spiro atoms. The molecule has 0 aromatic heterocycles. The normalized spacial score (nSPS) is 12.7. The molecular weight excluding hydrogens is 292 g/mol. The number of ether oxygens (including phenoxy) is 1. The van der Waals surface area contributed by atoms with Gasteiger partial charge in [-0.25, -0.2) is 4.79 Å². The lowest BCUT2D eigenvalue weighted by Gasteiger charge is -2.27. The molecule has 0 radical (unpaired) electrons. The highest BCUT2D eigenvalue weighted by Crippen LogP contribution is 2.25. The molecule has 1 rings (SSSR count). The molecule has 1 atom stereocenters. The number of nitrogens with two attached hydrogens (primary N) is 2. The van der Waals surface area contributed by atoms with Crippen LogP contribution in [0.3, 0.4) is 0 Å². The number of carbonyl (C=O) groups excluding carboxylic acids is 1. The van der Waals surface area contributed by atoms with Crippen LogP contribution in [-0.4, -0.2) is 25.6 Å². The predicted molar refractivity (Wildman–Crippen MR) is 85.5 cm³/mol. The van der Waals surface area contributed by atoms with Crippen molar-refractivity contribution in [1.82, 2.24) is 5.32 Å². The Morgan fingerprint density at radius 2 is 1.95 bits per heavy atom. The van der Waals surface area contributed by atoms with Crippen LogP contribution in [0.4, 0.5) is 0 Å². The lowest BCUT2D eigenvalue weighted by Crippen LogP contribution is -2.46. The first-order chi connectivity index (χ1) is 9.40. The van der Waals surface area contributed by atoms with Crippen LogP contribution in [0.25, 0.3) is 0 Å². The van der Waals surface area contributed by atoms with Crippen molar-refractivity contribution in [3.63, 3.8) is 0 Å². The number of methoxy groups -OCH3 is 1. The molecule has 1 aromatic rings. The summed E-state index contributed by atoms with van der Waals surface area (Å²) in [5.74, 6) is -0.565. The highest BCUT2D eigenvalue weighted by molar-refractivity contribution is 5.85. The van der Waals surface area contributed by atoms with E-state index in [0.29, 0.717) is 19.4 Å². The van der Waals surface area contributed by atoms with Crippen LogP contribution in [0.5, 0.6) is 0 Å². The summed E-state index contributed by atoms with van der Waals surface area (Å²) in [6, 6.07) is 7.50. The zero-order valence-corrected chi connectivity index (χ0v) is 13.1. The highest BCUT2D eigenvalue weighted by Gasteiger charge is 2.36. The molecule has 0 heterocycles. The summed E-state index contributed by atoms with van der Waals surface area (Å²) in [5.41, 5.74) is 12.1. The van der Waals surface area contributed by atoms with Gasteiger partial charge in [-0.1, -0.05) is 29.8 Å². The van der Waals surface area contributed by atoms with Crippen LogP contribution in [0.1, 0.15) is 24.0 Å². The van der Waals surface area contributed by atoms with Gasteiger partial charge >= 0.3 is 5.97 Å². The molecule has 0 aliphatic carbocycles. The zero-order valence-electron chi connectivity index (χ0n) is 12.3. The van der Waals surface area contributed by atoms with Crippen LogP contribution in [0.2, 0.25) is 0 Å². The first kappa shape index (κ1) is 19.2. The minimum Gasteiger partial charge on any atom is -0.467 e. The van der Waals surface area contributed by atoms with Crippen molar-refractivity contribution < 1.29 is 9.53 Å². The molecule has 0 aliphatic rings. The fraction of sp³-hybridized carbons (Fsp3) is 0.429. The van der Waals surface area contributed by atoms with Crippen molar-refractivity contribution in [3.8, 4) is 0 Å². The van der Waals surface area contributed by atoms with Crippen molar-refractivity contribution in [1.29, 1.82) is 5.41 Å². The second-order valence-electron chi connectivity index (χ2n) is 4.77. The van der Waals surface area contributed by atoms with Gasteiger partial charge in [0, 0.05) is 6.54 Å². The summed E-state index contributed by atoms with van der Waals surface area (Å²) < 4.78 is 4.83. The van der Waals surface area contributed by atoms with Crippen molar-refractivity contribution in [2.24, 2.45) is 11.5 Å². The summed E-state index contributed by atoms with van der Waals surface area (Å²) in [7, 11) is 1.33. The molecule has 6 nitrogen and oxygen atoms in total. The number of hydrogen-bond donors (Lipinski definition) is 4. The maximum atomic E-state index is 12.0. The van der Waals surface area contributed by atoms with E-state index < -0.39 is 11.5 Å². The third-order valence-electron chi connectivity index (χ3n) is 3.18. The number of nitrogens with one attached hydrogen (secondary N) is 2. The summed E-state index contributed by atoms with van der Waals surface area (Å²) in [4.78, 5) is 12.0. The van der Waals surface area contributed by atoms with E-state index in [9.17, 15) is 4.79 Å². The molecule has 118 valence electrons. The Labute approximate surface area is 131 Å². The van der Waals surface area contributed by atoms with E-state index >= 15 is 0 Å². The standard InChI is InChI=1S/C14H22N4O2.ClH/c1-10-4-6-11(7-5-10)14(17,12(19)20-2)8-3-9-18-13(15)16;/h4-7H,3,8-9,17H2,1-2H3,(H4,15,16,18);1H/t14-;/m1./s1. The van der Waals surface area contributed by atoms with Gasteiger partial charge in [-0.2, -0.15) is 0 Å². The van der Waals surface area contributed by atoms with Crippen molar-refractivity contribution in [2.75, 3.05) is 13.7 Å². The Bertz CT molecular complexity index is 478. The van der Waals surface area contributed by atoms with E-state index in [0.717, 1.165) is 11.1 Å². The zero-order chi connectivity index (χ0) is 15.2. The van der Waals surface area contributed by atoms with Gasteiger partial charge < -0.3 is 21.5 Å². The van der Waals surface area contributed by atoms with Gasteiger partial charge in [0.15, 0.2) is 5.96 Å². The number of halogens is 1. The van der Waals surface area contributed by atoms with Gasteiger partial charge in [-0.15, -0.1) is 12.4 Å². The lowest BCUT2D eigenvalue weighted by molar-refractivity contribution is -0.147. The van der Waals surface area contributed by atoms with Crippen LogP contribution in [0.15, 0.2) is 24.3 Å². The molecule has 0 fully saturated rings. The van der Waals surface area contributed by atoms with Gasteiger partial charge in [0.1, 0.15) is 5.54 Å². The first-order valence-electron chi connectivity index (χ1n) is 6.42. The Morgan fingerprint density at radius 3 is 2.43 bits per heavy atom. The Balaban J connectivity index is 0.00000400. The van der Waals surface area contributed by atoms with E-state index in [2.05, 4.69) is 5.32 Å². The van der Waals surface area contributed by atoms with E-state index in [-0.39, 0.29) is 18.4 Å². The SMILES string of the molecule is COC(=O)[C@@](N)(CCCNC(=N)N)c1ccc(C)cc1.Cl. The second kappa shape index (κ2) is 8.49. The molecule has 0 unspecified atom stereocenters. The molecular formula is C14H23ClN4O2. The smallest absolute Gasteiger partial charge is 0.330 e. The van der Waals surface area contributed by atoms with Gasteiger partial charge in [0.2, 0.25) is 0 Å². The summed E-state index contributed by atoms with van der Waals surface area (Å²) in [5, 5.41) is 9.77. The minimum atomic E-state index is -1.18. The molecule has 0 amide bonds. The minimum absolute atomic E-state index is 0. The number of carbonyl (C=O) groups is 1. The average molecular weight is 315 g/mol. The largest absolute Gasteiger partial charge is 0.467 e.